The van der Waals surface area contributed by atoms with Gasteiger partial charge in [0.15, 0.2) is 0 Å². The molecule has 7 nitrogen and oxygen atoms in total. The molecular formula is C31H35Br2N3O4. The third-order valence-electron chi connectivity index (χ3n) is 6.59. The molecule has 3 N–H and O–H groups in total. The molecule has 0 saturated carbocycles. The first-order valence-corrected chi connectivity index (χ1v) is 15.1. The van der Waals surface area contributed by atoms with E-state index in [0.29, 0.717) is 42.9 Å². The summed E-state index contributed by atoms with van der Waals surface area (Å²) in [4.78, 5) is 27.7. The van der Waals surface area contributed by atoms with Crippen LogP contribution in [0.15, 0.2) is 75.7 Å². The molecule has 9 heteroatoms. The molecule has 1 fully saturated rings. The Kier molecular flexibility index (Phi) is 10.8. The van der Waals surface area contributed by atoms with Crippen LogP contribution < -0.4 is 20.3 Å². The molecule has 1 aliphatic rings. The molecule has 212 valence electrons. The number of nitrogens with one attached hydrogen (secondary N) is 2. The van der Waals surface area contributed by atoms with Crippen molar-refractivity contribution in [3.63, 3.8) is 0 Å². The second-order valence-electron chi connectivity index (χ2n) is 10.3. The Hall–Kier alpha value is -2.72. The maximum Gasteiger partial charge on any atom is 0.251 e. The number of rotatable bonds is 12. The lowest BCUT2D eigenvalue weighted by molar-refractivity contribution is -0.117. The largest absolute Gasteiger partial charge is 0.491 e. The molecule has 0 radical (unpaired) electrons. The molecule has 0 aliphatic carbocycles. The standard InChI is InChI=1S/C31H35Br2N3O4/c1-20(2)40-27-15-23(14-26(17-27)36-10-6-9-30(36)38)31(39)35-28(13-21-7-4-3-5-8-21)29(37)19-34-18-22-11-24(32)16-25(33)12-22/h3-5,7-8,11-12,14-17,20,28-29,34,37H,6,9-10,13,18-19H2,1-2H3,(H,35,39)/t28-,29-/m0/s1. The molecule has 0 bridgehead atoms. The second-order valence-corrected chi connectivity index (χ2v) is 12.1. The minimum absolute atomic E-state index is 0.0361. The molecule has 1 aliphatic heterocycles. The molecule has 1 saturated heterocycles. The topological polar surface area (TPSA) is 90.9 Å². The van der Waals surface area contributed by atoms with Crippen LogP contribution in [0.5, 0.6) is 5.75 Å². The van der Waals surface area contributed by atoms with E-state index in [9.17, 15) is 14.7 Å². The third-order valence-corrected chi connectivity index (χ3v) is 7.51. The van der Waals surface area contributed by atoms with E-state index >= 15 is 0 Å². The highest BCUT2D eigenvalue weighted by Gasteiger charge is 2.26. The van der Waals surface area contributed by atoms with Crippen molar-refractivity contribution in [2.24, 2.45) is 0 Å². The summed E-state index contributed by atoms with van der Waals surface area (Å²) in [5.41, 5.74) is 3.09. The summed E-state index contributed by atoms with van der Waals surface area (Å²) >= 11 is 7.01. The average Bonchev–Trinajstić information content (AvgIpc) is 3.33. The molecule has 3 aromatic rings. The maximum atomic E-state index is 13.6. The van der Waals surface area contributed by atoms with Crippen molar-refractivity contribution in [2.75, 3.05) is 18.0 Å². The Bertz CT molecular complexity index is 1300. The smallest absolute Gasteiger partial charge is 0.251 e. The second kappa shape index (κ2) is 14.3. The average molecular weight is 673 g/mol. The lowest BCUT2D eigenvalue weighted by Crippen LogP contribution is -2.48. The van der Waals surface area contributed by atoms with E-state index in [1.165, 1.54) is 0 Å². The SMILES string of the molecule is CC(C)Oc1cc(C(=O)N[C@@H](Cc2ccccc2)[C@@H](O)CNCc2cc(Br)cc(Br)c2)cc(N2CCCC2=O)c1. The number of amides is 2. The molecule has 0 aromatic heterocycles. The first-order valence-electron chi connectivity index (χ1n) is 13.5. The molecule has 0 unspecified atom stereocenters. The van der Waals surface area contributed by atoms with Crippen LogP contribution in [0.1, 0.15) is 48.2 Å². The molecule has 4 rings (SSSR count). The van der Waals surface area contributed by atoms with Gasteiger partial charge in [-0.3, -0.25) is 9.59 Å². The van der Waals surface area contributed by atoms with Crippen LogP contribution in [0, 0.1) is 0 Å². The predicted octanol–water partition coefficient (Wildman–Crippen LogP) is 5.62. The number of halogens is 2. The number of nitrogens with zero attached hydrogens (tertiary/aromatic N) is 1. The van der Waals surface area contributed by atoms with Gasteiger partial charge in [-0.2, -0.15) is 0 Å². The van der Waals surface area contributed by atoms with Crippen LogP contribution in [0.2, 0.25) is 0 Å². The Labute approximate surface area is 252 Å². The van der Waals surface area contributed by atoms with Crippen LogP contribution in [0.3, 0.4) is 0 Å². The van der Waals surface area contributed by atoms with Crippen molar-refractivity contribution in [3.8, 4) is 5.75 Å². The van der Waals surface area contributed by atoms with Crippen molar-refractivity contribution < 1.29 is 19.4 Å². The van der Waals surface area contributed by atoms with Crippen LogP contribution in [-0.4, -0.2) is 48.3 Å². The molecule has 0 spiro atoms. The minimum Gasteiger partial charge on any atom is -0.491 e. The number of anilines is 1. The van der Waals surface area contributed by atoms with E-state index in [0.717, 1.165) is 26.5 Å². The van der Waals surface area contributed by atoms with Gasteiger partial charge in [0.1, 0.15) is 5.75 Å². The molecule has 40 heavy (non-hydrogen) atoms. The normalized spacial score (nSPS) is 14.8. The number of aliphatic hydroxyl groups is 1. The zero-order valence-corrected chi connectivity index (χ0v) is 25.9. The molecule has 3 aromatic carbocycles. The number of aliphatic hydroxyl groups excluding tert-OH is 1. The van der Waals surface area contributed by atoms with E-state index in [1.807, 2.05) is 62.4 Å². The van der Waals surface area contributed by atoms with Crippen LogP contribution in [0.25, 0.3) is 0 Å². The minimum atomic E-state index is -0.852. The van der Waals surface area contributed by atoms with Gasteiger partial charge >= 0.3 is 0 Å². The Morgan fingerprint density at radius 1 is 1.02 bits per heavy atom. The first kappa shape index (κ1) is 30.2. The van der Waals surface area contributed by atoms with Gasteiger partial charge in [-0.25, -0.2) is 0 Å². The van der Waals surface area contributed by atoms with Gasteiger partial charge in [0.05, 0.1) is 18.2 Å². The van der Waals surface area contributed by atoms with Crippen molar-refractivity contribution in [3.05, 3.63) is 92.4 Å². The van der Waals surface area contributed by atoms with Gasteiger partial charge in [-0.15, -0.1) is 0 Å². The molecule has 1 heterocycles. The summed E-state index contributed by atoms with van der Waals surface area (Å²) in [6.07, 6.45) is 0.786. The van der Waals surface area contributed by atoms with E-state index < -0.39 is 12.1 Å². The number of ether oxygens (including phenoxy) is 1. The number of carbonyl (C=O) groups excluding carboxylic acids is 2. The van der Waals surface area contributed by atoms with Gasteiger partial charge < -0.3 is 25.4 Å². The molecule has 2 atom stereocenters. The Morgan fingerprint density at radius 3 is 2.40 bits per heavy atom. The number of carbonyl (C=O) groups is 2. The van der Waals surface area contributed by atoms with Gasteiger partial charge in [0.25, 0.3) is 5.91 Å². The third kappa shape index (κ3) is 8.64. The van der Waals surface area contributed by atoms with Crippen molar-refractivity contribution >= 4 is 49.4 Å². The lowest BCUT2D eigenvalue weighted by atomic mass is 10.00. The highest BCUT2D eigenvalue weighted by molar-refractivity contribution is 9.11. The quantitative estimate of drug-likeness (QED) is 0.233. The first-order chi connectivity index (χ1) is 19.2. The Balaban J connectivity index is 1.52. The summed E-state index contributed by atoms with van der Waals surface area (Å²) in [5, 5.41) is 17.6. The number of hydrogen-bond acceptors (Lipinski definition) is 5. The van der Waals surface area contributed by atoms with Gasteiger partial charge in [0, 0.05) is 52.3 Å². The lowest BCUT2D eigenvalue weighted by Gasteiger charge is -2.26. The van der Waals surface area contributed by atoms with Crippen molar-refractivity contribution in [2.45, 2.75) is 57.9 Å². The Morgan fingerprint density at radius 2 is 1.75 bits per heavy atom. The molecular weight excluding hydrogens is 638 g/mol. The number of hydrogen-bond donors (Lipinski definition) is 3. The van der Waals surface area contributed by atoms with Gasteiger partial charge in [0.2, 0.25) is 5.91 Å². The van der Waals surface area contributed by atoms with E-state index in [1.54, 1.807) is 23.1 Å². The van der Waals surface area contributed by atoms with Crippen LogP contribution in [-0.2, 0) is 17.8 Å². The summed E-state index contributed by atoms with van der Waals surface area (Å²) in [7, 11) is 0. The zero-order valence-electron chi connectivity index (χ0n) is 22.7. The van der Waals surface area contributed by atoms with Crippen LogP contribution >= 0.6 is 31.9 Å². The maximum absolute atomic E-state index is 13.6. The van der Waals surface area contributed by atoms with E-state index in [2.05, 4.69) is 42.5 Å². The fourth-order valence-corrected chi connectivity index (χ4v) is 6.14. The summed E-state index contributed by atoms with van der Waals surface area (Å²) < 4.78 is 7.85. The number of benzene rings is 3. The summed E-state index contributed by atoms with van der Waals surface area (Å²) in [6, 6.07) is 20.4. The van der Waals surface area contributed by atoms with Gasteiger partial charge in [-0.05, 0) is 68.1 Å². The zero-order chi connectivity index (χ0) is 28.6. The highest BCUT2D eigenvalue weighted by atomic mass is 79.9. The monoisotopic (exact) mass is 671 g/mol. The summed E-state index contributed by atoms with van der Waals surface area (Å²) in [5.74, 6) is 0.228. The van der Waals surface area contributed by atoms with E-state index in [-0.39, 0.29) is 24.5 Å². The fraction of sp³-hybridized carbons (Fsp3) is 0.355. The fourth-order valence-electron chi connectivity index (χ4n) is 4.75. The van der Waals surface area contributed by atoms with Crippen molar-refractivity contribution in [1.29, 1.82) is 0 Å². The predicted molar refractivity (Wildman–Crippen MR) is 165 cm³/mol. The van der Waals surface area contributed by atoms with Crippen molar-refractivity contribution in [1.82, 2.24) is 10.6 Å². The van der Waals surface area contributed by atoms with Crippen LogP contribution in [0.4, 0.5) is 5.69 Å². The highest BCUT2D eigenvalue weighted by Crippen LogP contribution is 2.28. The van der Waals surface area contributed by atoms with Gasteiger partial charge in [-0.1, -0.05) is 62.2 Å². The van der Waals surface area contributed by atoms with E-state index in [4.69, 9.17) is 4.74 Å². The summed E-state index contributed by atoms with van der Waals surface area (Å²) in [6.45, 7) is 5.29. The molecule has 2 amide bonds.